The highest BCUT2D eigenvalue weighted by atomic mass is 32.1. The molecule has 1 aromatic carbocycles. The molecule has 1 saturated carbocycles. The van der Waals surface area contributed by atoms with E-state index in [0.29, 0.717) is 23.8 Å². The first kappa shape index (κ1) is 17.0. The summed E-state index contributed by atoms with van der Waals surface area (Å²) >= 11 is 1.39. The molecule has 6 heteroatoms. The molecule has 1 aliphatic carbocycles. The molecule has 1 aromatic heterocycles. The molecule has 1 heterocycles. The zero-order chi connectivity index (χ0) is 17.3. The van der Waals surface area contributed by atoms with Crippen LogP contribution in [0.2, 0.25) is 0 Å². The van der Waals surface area contributed by atoms with Crippen molar-refractivity contribution in [2.45, 2.75) is 38.6 Å². The summed E-state index contributed by atoms with van der Waals surface area (Å²) in [5.74, 6) is 0.115. The van der Waals surface area contributed by atoms with Crippen molar-refractivity contribution in [2.75, 3.05) is 6.54 Å². The SMILES string of the molecule is Cc1nc(Cc2ccc(F)cc2)sc1C(=O)NC(C)(CN)C1CC1. The Morgan fingerprint density at radius 3 is 2.67 bits per heavy atom. The molecule has 24 heavy (non-hydrogen) atoms. The highest BCUT2D eigenvalue weighted by Crippen LogP contribution is 2.39. The summed E-state index contributed by atoms with van der Waals surface area (Å²) < 4.78 is 13.0. The van der Waals surface area contributed by atoms with Crippen molar-refractivity contribution in [2.24, 2.45) is 11.7 Å². The zero-order valence-electron chi connectivity index (χ0n) is 13.9. The van der Waals surface area contributed by atoms with E-state index in [1.807, 2.05) is 13.8 Å². The fourth-order valence-electron chi connectivity index (χ4n) is 2.87. The van der Waals surface area contributed by atoms with Gasteiger partial charge in [-0.25, -0.2) is 9.37 Å². The molecule has 1 fully saturated rings. The van der Waals surface area contributed by atoms with Gasteiger partial charge in [-0.2, -0.15) is 0 Å². The molecule has 0 saturated heterocycles. The van der Waals surface area contributed by atoms with Crippen LogP contribution in [0.5, 0.6) is 0 Å². The third kappa shape index (κ3) is 3.65. The lowest BCUT2D eigenvalue weighted by molar-refractivity contribution is 0.0901. The molecular formula is C18H22FN3OS. The van der Waals surface area contributed by atoms with E-state index in [9.17, 15) is 9.18 Å². The average molecular weight is 347 g/mol. The number of carbonyl (C=O) groups excluding carboxylic acids is 1. The first-order chi connectivity index (χ1) is 11.4. The van der Waals surface area contributed by atoms with Crippen molar-refractivity contribution >= 4 is 17.2 Å². The van der Waals surface area contributed by atoms with Crippen LogP contribution in [-0.2, 0) is 6.42 Å². The molecule has 0 bridgehead atoms. The van der Waals surface area contributed by atoms with Gasteiger partial charge in [0.1, 0.15) is 10.7 Å². The van der Waals surface area contributed by atoms with Crippen LogP contribution in [-0.4, -0.2) is 23.0 Å². The van der Waals surface area contributed by atoms with E-state index in [2.05, 4.69) is 10.3 Å². The van der Waals surface area contributed by atoms with Gasteiger partial charge in [-0.05, 0) is 50.3 Å². The summed E-state index contributed by atoms with van der Waals surface area (Å²) in [5.41, 5.74) is 7.23. The fourth-order valence-corrected chi connectivity index (χ4v) is 3.87. The summed E-state index contributed by atoms with van der Waals surface area (Å²) in [6.07, 6.45) is 2.83. The number of carbonyl (C=O) groups is 1. The van der Waals surface area contributed by atoms with Gasteiger partial charge in [-0.15, -0.1) is 11.3 Å². The Kier molecular flexibility index (Phi) is 4.69. The van der Waals surface area contributed by atoms with E-state index in [0.717, 1.165) is 29.1 Å². The lowest BCUT2D eigenvalue weighted by Gasteiger charge is -2.29. The Morgan fingerprint density at radius 2 is 2.08 bits per heavy atom. The number of thiazole rings is 1. The number of nitrogens with zero attached hydrogens (tertiary/aromatic N) is 1. The number of benzene rings is 1. The Morgan fingerprint density at radius 1 is 1.42 bits per heavy atom. The van der Waals surface area contributed by atoms with Gasteiger partial charge in [-0.3, -0.25) is 4.79 Å². The molecule has 2 aromatic rings. The van der Waals surface area contributed by atoms with Crippen molar-refractivity contribution in [1.82, 2.24) is 10.3 Å². The Labute approximate surface area is 145 Å². The number of hydrogen-bond acceptors (Lipinski definition) is 4. The maximum Gasteiger partial charge on any atom is 0.263 e. The minimum atomic E-state index is -0.343. The second-order valence-electron chi connectivity index (χ2n) is 6.68. The van der Waals surface area contributed by atoms with Crippen molar-refractivity contribution in [3.63, 3.8) is 0 Å². The fraction of sp³-hybridized carbons (Fsp3) is 0.444. The smallest absolute Gasteiger partial charge is 0.263 e. The van der Waals surface area contributed by atoms with E-state index < -0.39 is 0 Å². The molecule has 1 unspecified atom stereocenters. The molecule has 3 rings (SSSR count). The van der Waals surface area contributed by atoms with Crippen molar-refractivity contribution in [3.05, 3.63) is 51.2 Å². The van der Waals surface area contributed by atoms with Crippen molar-refractivity contribution in [1.29, 1.82) is 0 Å². The number of hydrogen-bond donors (Lipinski definition) is 2. The number of nitrogens with two attached hydrogens (primary N) is 1. The van der Waals surface area contributed by atoms with E-state index in [1.165, 1.54) is 23.5 Å². The molecule has 3 N–H and O–H groups in total. The molecule has 1 amide bonds. The van der Waals surface area contributed by atoms with E-state index in [1.54, 1.807) is 12.1 Å². The largest absolute Gasteiger partial charge is 0.345 e. The summed E-state index contributed by atoms with van der Waals surface area (Å²) in [6, 6.07) is 6.35. The second-order valence-corrected chi connectivity index (χ2v) is 7.76. The van der Waals surface area contributed by atoms with Crippen LogP contribution in [0.25, 0.3) is 0 Å². The maximum atomic E-state index is 13.0. The van der Waals surface area contributed by atoms with Gasteiger partial charge in [0.25, 0.3) is 5.91 Å². The monoisotopic (exact) mass is 347 g/mol. The predicted molar refractivity (Wildman–Crippen MR) is 93.7 cm³/mol. The minimum absolute atomic E-state index is 0.102. The van der Waals surface area contributed by atoms with Gasteiger partial charge in [0.2, 0.25) is 0 Å². The van der Waals surface area contributed by atoms with Crippen LogP contribution in [0.1, 0.15) is 45.7 Å². The number of halogens is 1. The number of aryl methyl sites for hydroxylation is 1. The van der Waals surface area contributed by atoms with Gasteiger partial charge >= 0.3 is 0 Å². The topological polar surface area (TPSA) is 68.0 Å². The van der Waals surface area contributed by atoms with E-state index in [4.69, 9.17) is 5.73 Å². The Bertz CT molecular complexity index is 739. The number of amides is 1. The van der Waals surface area contributed by atoms with Crippen LogP contribution in [0, 0.1) is 18.7 Å². The third-order valence-electron chi connectivity index (χ3n) is 4.62. The lowest BCUT2D eigenvalue weighted by Crippen LogP contribution is -2.53. The van der Waals surface area contributed by atoms with Crippen molar-refractivity contribution in [3.8, 4) is 0 Å². The van der Waals surface area contributed by atoms with Crippen LogP contribution >= 0.6 is 11.3 Å². The quantitative estimate of drug-likeness (QED) is 0.844. The van der Waals surface area contributed by atoms with Gasteiger partial charge in [0.15, 0.2) is 0 Å². The van der Waals surface area contributed by atoms with Crippen LogP contribution < -0.4 is 11.1 Å². The maximum absolute atomic E-state index is 13.0. The normalized spacial score (nSPS) is 16.7. The Balaban J connectivity index is 1.73. The predicted octanol–water partition coefficient (Wildman–Crippen LogP) is 3.04. The number of nitrogens with one attached hydrogen (secondary N) is 1. The van der Waals surface area contributed by atoms with Crippen molar-refractivity contribution < 1.29 is 9.18 Å². The molecule has 128 valence electrons. The highest BCUT2D eigenvalue weighted by Gasteiger charge is 2.42. The first-order valence-electron chi connectivity index (χ1n) is 8.14. The molecule has 4 nitrogen and oxygen atoms in total. The summed E-state index contributed by atoms with van der Waals surface area (Å²) in [7, 11) is 0. The number of aromatic nitrogens is 1. The van der Waals surface area contributed by atoms with Crippen LogP contribution in [0.3, 0.4) is 0 Å². The molecule has 1 aliphatic rings. The molecule has 0 radical (unpaired) electrons. The van der Waals surface area contributed by atoms with Gasteiger partial charge in [-0.1, -0.05) is 12.1 Å². The van der Waals surface area contributed by atoms with Crippen LogP contribution in [0.4, 0.5) is 4.39 Å². The lowest BCUT2D eigenvalue weighted by atomic mass is 9.96. The molecule has 0 spiro atoms. The second kappa shape index (κ2) is 6.61. The first-order valence-corrected chi connectivity index (χ1v) is 8.96. The average Bonchev–Trinajstić information content (AvgIpc) is 3.34. The molecule has 1 atom stereocenters. The van der Waals surface area contributed by atoms with Gasteiger partial charge < -0.3 is 11.1 Å². The zero-order valence-corrected chi connectivity index (χ0v) is 14.8. The standard InChI is InChI=1S/C18H22FN3OS/c1-11-16(17(23)22-18(2,10-20)13-5-6-13)24-15(21-11)9-12-3-7-14(19)8-4-12/h3-4,7-8,13H,5-6,9-10,20H2,1-2H3,(H,22,23). The summed E-state index contributed by atoms with van der Waals surface area (Å²) in [5, 5.41) is 3.96. The summed E-state index contributed by atoms with van der Waals surface area (Å²) in [4.78, 5) is 17.8. The molecular weight excluding hydrogens is 325 g/mol. The Hall–Kier alpha value is -1.79. The summed E-state index contributed by atoms with van der Waals surface area (Å²) in [6.45, 7) is 4.29. The van der Waals surface area contributed by atoms with Gasteiger partial charge in [0, 0.05) is 13.0 Å². The van der Waals surface area contributed by atoms with Crippen LogP contribution in [0.15, 0.2) is 24.3 Å². The molecule has 0 aliphatic heterocycles. The number of rotatable bonds is 6. The highest BCUT2D eigenvalue weighted by molar-refractivity contribution is 7.13. The third-order valence-corrected chi connectivity index (χ3v) is 5.77. The van der Waals surface area contributed by atoms with E-state index >= 15 is 0 Å². The van der Waals surface area contributed by atoms with Gasteiger partial charge in [0.05, 0.1) is 16.2 Å². The minimum Gasteiger partial charge on any atom is -0.345 e. The van der Waals surface area contributed by atoms with E-state index in [-0.39, 0.29) is 17.3 Å².